The zero-order valence-electron chi connectivity index (χ0n) is 15.5. The van der Waals surface area contributed by atoms with E-state index >= 15 is 0 Å². The normalized spacial score (nSPS) is 13.5. The van der Waals surface area contributed by atoms with Crippen LogP contribution in [0.2, 0.25) is 0 Å². The lowest BCUT2D eigenvalue weighted by Gasteiger charge is -2.22. The van der Waals surface area contributed by atoms with Crippen LogP contribution in [0.5, 0.6) is 0 Å². The molecule has 0 aliphatic carbocycles. The van der Waals surface area contributed by atoms with Gasteiger partial charge in [-0.3, -0.25) is 4.79 Å². The minimum atomic E-state index is -0.779. The van der Waals surface area contributed by atoms with Crippen LogP contribution in [0, 0.1) is 5.92 Å². The van der Waals surface area contributed by atoms with E-state index in [1.807, 2.05) is 13.2 Å². The van der Waals surface area contributed by atoms with Gasteiger partial charge in [0.1, 0.15) is 5.82 Å². The second-order valence-corrected chi connectivity index (χ2v) is 7.41. The summed E-state index contributed by atoms with van der Waals surface area (Å²) in [4.78, 5) is 12.1. The fourth-order valence-corrected chi connectivity index (χ4v) is 3.01. The summed E-state index contributed by atoms with van der Waals surface area (Å²) in [5.41, 5.74) is 5.24. The number of nitrogens with zero attached hydrogens (tertiary/aromatic N) is 3. The van der Waals surface area contributed by atoms with Gasteiger partial charge in [-0.15, -0.1) is 22.6 Å². The van der Waals surface area contributed by atoms with Crippen molar-refractivity contribution < 1.29 is 4.79 Å². The number of thioether (sulfide) groups is 1. The number of carbonyl (C=O) groups is 1. The van der Waals surface area contributed by atoms with E-state index in [1.165, 1.54) is 0 Å². The van der Waals surface area contributed by atoms with Crippen molar-refractivity contribution in [2.75, 3.05) is 12.8 Å². The average molecular weight is 378 g/mol. The molecule has 0 spiro atoms. The number of hydrogen-bond donors (Lipinski definition) is 2. The molecule has 8 heteroatoms. The largest absolute Gasteiger partial charge is 0.355 e. The van der Waals surface area contributed by atoms with E-state index in [0.29, 0.717) is 18.9 Å². The van der Waals surface area contributed by atoms with Crippen molar-refractivity contribution in [2.45, 2.75) is 70.6 Å². The molecule has 1 atom stereocenters. The van der Waals surface area contributed by atoms with Crippen molar-refractivity contribution in [1.82, 2.24) is 20.1 Å². The summed E-state index contributed by atoms with van der Waals surface area (Å²) in [5, 5.41) is 12.4. The van der Waals surface area contributed by atoms with E-state index in [-0.39, 0.29) is 18.3 Å². The number of hydrogen-bond acceptors (Lipinski definition) is 5. The van der Waals surface area contributed by atoms with Crippen LogP contribution in [0.4, 0.5) is 0 Å². The highest BCUT2D eigenvalue weighted by Gasteiger charge is 2.26. The van der Waals surface area contributed by atoms with Crippen LogP contribution in [0.3, 0.4) is 0 Å². The number of rotatable bonds is 10. The topological polar surface area (TPSA) is 85.8 Å². The fourth-order valence-electron chi connectivity index (χ4n) is 2.49. The molecule has 0 aliphatic heterocycles. The Morgan fingerprint density at radius 1 is 1.42 bits per heavy atom. The van der Waals surface area contributed by atoms with Gasteiger partial charge in [-0.25, -0.2) is 0 Å². The molecule has 0 aliphatic rings. The first-order valence-corrected chi connectivity index (χ1v) is 9.57. The van der Waals surface area contributed by atoms with Gasteiger partial charge < -0.3 is 15.6 Å². The van der Waals surface area contributed by atoms with Crippen molar-refractivity contribution in [3.8, 4) is 0 Å². The third-order valence-corrected chi connectivity index (χ3v) is 4.34. The van der Waals surface area contributed by atoms with Crippen LogP contribution >= 0.6 is 24.2 Å². The molecule has 0 saturated carbocycles. The number of aryl methyl sites for hydroxylation is 1. The van der Waals surface area contributed by atoms with Crippen molar-refractivity contribution >= 4 is 30.1 Å². The first-order valence-electron chi connectivity index (χ1n) is 8.35. The molecule has 0 saturated heterocycles. The Morgan fingerprint density at radius 3 is 2.62 bits per heavy atom. The monoisotopic (exact) mass is 377 g/mol. The summed E-state index contributed by atoms with van der Waals surface area (Å²) in [6, 6.07) is 0. The van der Waals surface area contributed by atoms with Gasteiger partial charge in [-0.1, -0.05) is 39.0 Å². The lowest BCUT2D eigenvalue weighted by Crippen LogP contribution is -2.51. The molecule has 1 aromatic heterocycles. The van der Waals surface area contributed by atoms with E-state index in [2.05, 4.69) is 33.9 Å². The third-order valence-electron chi connectivity index (χ3n) is 3.67. The molecule has 0 aromatic carbocycles. The van der Waals surface area contributed by atoms with Crippen molar-refractivity contribution in [2.24, 2.45) is 11.7 Å². The van der Waals surface area contributed by atoms with Crippen LogP contribution in [-0.2, 0) is 17.8 Å². The number of nitrogens with two attached hydrogens (primary N) is 1. The summed E-state index contributed by atoms with van der Waals surface area (Å²) >= 11 is 1.61. The van der Waals surface area contributed by atoms with Crippen LogP contribution in [0.25, 0.3) is 0 Å². The molecular formula is C16H32ClN5OS. The Kier molecular flexibility index (Phi) is 10.6. The predicted molar refractivity (Wildman–Crippen MR) is 103 cm³/mol. The van der Waals surface area contributed by atoms with Gasteiger partial charge in [0, 0.05) is 19.5 Å². The number of nitrogens with one attached hydrogen (secondary N) is 1. The Morgan fingerprint density at radius 2 is 2.08 bits per heavy atom. The predicted octanol–water partition coefficient (Wildman–Crippen LogP) is 2.64. The van der Waals surface area contributed by atoms with Gasteiger partial charge >= 0.3 is 0 Å². The smallest absolute Gasteiger partial charge is 0.239 e. The summed E-state index contributed by atoms with van der Waals surface area (Å²) in [6.45, 7) is 9.72. The van der Waals surface area contributed by atoms with Gasteiger partial charge in [0.25, 0.3) is 0 Å². The highest BCUT2D eigenvalue weighted by atomic mass is 35.5. The SMILES string of the molecule is CCCC(C)(N)C(=O)NCCCc1nnc(SC)n1CC(C)C.Cl. The van der Waals surface area contributed by atoms with Gasteiger partial charge in [-0.2, -0.15) is 0 Å². The van der Waals surface area contributed by atoms with Gasteiger partial charge in [0.05, 0.1) is 5.54 Å². The summed E-state index contributed by atoms with van der Waals surface area (Å²) in [5.74, 6) is 1.46. The standard InChI is InChI=1S/C16H31N5OS.ClH/c1-6-9-16(4,17)14(22)18-10-7-8-13-19-20-15(23-5)21(13)11-12(2)3;/h12H,6-11,17H2,1-5H3,(H,18,22);1H. The highest BCUT2D eigenvalue weighted by molar-refractivity contribution is 7.98. The second kappa shape index (κ2) is 10.9. The molecule has 1 rings (SSSR count). The molecule has 1 aromatic rings. The molecule has 24 heavy (non-hydrogen) atoms. The van der Waals surface area contributed by atoms with Crippen molar-refractivity contribution in [3.05, 3.63) is 5.82 Å². The van der Waals surface area contributed by atoms with E-state index in [0.717, 1.165) is 36.8 Å². The van der Waals surface area contributed by atoms with Crippen molar-refractivity contribution in [3.63, 3.8) is 0 Å². The molecule has 6 nitrogen and oxygen atoms in total. The van der Waals surface area contributed by atoms with Crippen LogP contribution < -0.4 is 11.1 Å². The summed E-state index contributed by atoms with van der Waals surface area (Å²) in [7, 11) is 0. The molecule has 3 N–H and O–H groups in total. The second-order valence-electron chi connectivity index (χ2n) is 6.63. The molecular weight excluding hydrogens is 346 g/mol. The summed E-state index contributed by atoms with van der Waals surface area (Å²) in [6.07, 6.45) is 5.24. The van der Waals surface area contributed by atoms with E-state index in [4.69, 9.17) is 5.73 Å². The van der Waals surface area contributed by atoms with Gasteiger partial charge in [0.15, 0.2) is 5.16 Å². The summed E-state index contributed by atoms with van der Waals surface area (Å²) < 4.78 is 2.18. The van der Waals surface area contributed by atoms with Crippen LogP contribution in [0.1, 0.15) is 52.8 Å². The van der Waals surface area contributed by atoms with Crippen LogP contribution in [-0.4, -0.2) is 39.0 Å². The molecule has 1 unspecified atom stereocenters. The Hall–Kier alpha value is -0.790. The Balaban J connectivity index is 0.00000529. The van der Waals surface area contributed by atoms with Gasteiger partial charge in [0.2, 0.25) is 5.91 Å². The molecule has 140 valence electrons. The first kappa shape index (κ1) is 23.2. The fraction of sp³-hybridized carbons (Fsp3) is 0.812. The maximum Gasteiger partial charge on any atom is 0.239 e. The molecule has 1 amide bonds. The Labute approximate surface area is 156 Å². The van der Waals surface area contributed by atoms with Crippen molar-refractivity contribution in [1.29, 1.82) is 0 Å². The molecule has 0 radical (unpaired) electrons. The molecule has 1 heterocycles. The average Bonchev–Trinajstić information content (AvgIpc) is 2.84. The zero-order valence-corrected chi connectivity index (χ0v) is 17.1. The minimum Gasteiger partial charge on any atom is -0.355 e. The van der Waals surface area contributed by atoms with E-state index in [1.54, 1.807) is 18.7 Å². The first-order chi connectivity index (χ1) is 10.8. The number of aromatic nitrogens is 3. The highest BCUT2D eigenvalue weighted by Crippen LogP contribution is 2.16. The minimum absolute atomic E-state index is 0. The number of amides is 1. The Bertz CT molecular complexity index is 505. The zero-order chi connectivity index (χ0) is 17.5. The van der Waals surface area contributed by atoms with E-state index < -0.39 is 5.54 Å². The quantitative estimate of drug-likeness (QED) is 0.483. The maximum atomic E-state index is 12.1. The maximum absolute atomic E-state index is 12.1. The molecule has 0 fully saturated rings. The number of carbonyl (C=O) groups excluding carboxylic acids is 1. The lowest BCUT2D eigenvalue weighted by atomic mass is 9.96. The van der Waals surface area contributed by atoms with Crippen LogP contribution in [0.15, 0.2) is 5.16 Å². The number of halogens is 1. The third kappa shape index (κ3) is 6.99. The lowest BCUT2D eigenvalue weighted by molar-refractivity contribution is -0.126. The van der Waals surface area contributed by atoms with Gasteiger partial charge in [-0.05, 0) is 31.9 Å². The van der Waals surface area contributed by atoms with E-state index in [9.17, 15) is 4.79 Å². The molecule has 0 bridgehead atoms.